The number of nitrogens with one attached hydrogen (secondary N) is 1. The van der Waals surface area contributed by atoms with E-state index in [1.165, 1.54) is 10.5 Å². The highest BCUT2D eigenvalue weighted by molar-refractivity contribution is 7.99. The van der Waals surface area contributed by atoms with Gasteiger partial charge in [-0.15, -0.1) is 11.8 Å². The van der Waals surface area contributed by atoms with Gasteiger partial charge in [-0.05, 0) is 84.5 Å². The highest BCUT2D eigenvalue weighted by Gasteiger charge is 2.32. The lowest BCUT2D eigenvalue weighted by molar-refractivity contribution is 0.166. The Kier molecular flexibility index (Phi) is 9.12. The summed E-state index contributed by atoms with van der Waals surface area (Å²) in [6, 6.07) is 32.8. The van der Waals surface area contributed by atoms with E-state index in [4.69, 9.17) is 13.9 Å². The minimum Gasteiger partial charge on any atom is -0.493 e. The molecule has 0 fully saturated rings. The summed E-state index contributed by atoms with van der Waals surface area (Å²) in [5, 5.41) is 4.32. The van der Waals surface area contributed by atoms with Gasteiger partial charge in [0.2, 0.25) is 0 Å². The predicted molar refractivity (Wildman–Crippen MR) is 177 cm³/mol. The quantitative estimate of drug-likeness (QED) is 0.162. The van der Waals surface area contributed by atoms with Gasteiger partial charge in [0.25, 0.3) is 0 Å². The fourth-order valence-electron chi connectivity index (χ4n) is 5.99. The number of methoxy groups -OCH3 is 2. The number of hydrogen-bond acceptors (Lipinski definition) is 5. The molecule has 1 aliphatic rings. The molecule has 1 N–H and O–H groups in total. The van der Waals surface area contributed by atoms with Crippen LogP contribution >= 0.6 is 11.8 Å². The van der Waals surface area contributed by atoms with E-state index in [9.17, 15) is 4.79 Å². The minimum atomic E-state index is -0.156. The number of thioether (sulfide) groups is 1. The number of rotatable bonds is 10. The molecule has 4 aromatic carbocycles. The average Bonchev–Trinajstić information content (AvgIpc) is 3.46. The van der Waals surface area contributed by atoms with E-state index in [0.717, 1.165) is 52.0 Å². The number of ether oxygens (including phenoxy) is 2. The Morgan fingerprint density at radius 2 is 1.70 bits per heavy atom. The van der Waals surface area contributed by atoms with E-state index >= 15 is 0 Å². The summed E-state index contributed by atoms with van der Waals surface area (Å²) in [5.74, 6) is 3.29. The van der Waals surface area contributed by atoms with Gasteiger partial charge < -0.3 is 24.1 Å². The van der Waals surface area contributed by atoms with Gasteiger partial charge in [0.1, 0.15) is 11.3 Å². The van der Waals surface area contributed by atoms with Crippen molar-refractivity contribution in [2.45, 2.75) is 43.2 Å². The molecule has 2 atom stereocenters. The van der Waals surface area contributed by atoms with Crippen molar-refractivity contribution < 1.29 is 18.7 Å². The molecule has 1 aromatic heterocycles. The molecule has 1 aliphatic heterocycles. The van der Waals surface area contributed by atoms with E-state index in [1.807, 2.05) is 72.1 Å². The van der Waals surface area contributed by atoms with E-state index in [2.05, 4.69) is 53.8 Å². The Hall–Kier alpha value is -4.36. The Morgan fingerprint density at radius 3 is 2.45 bits per heavy atom. The predicted octanol–water partition coefficient (Wildman–Crippen LogP) is 8.40. The lowest BCUT2D eigenvalue weighted by atomic mass is 9.88. The lowest BCUT2D eigenvalue weighted by Gasteiger charge is -2.38. The first-order valence-corrected chi connectivity index (χ1v) is 16.1. The zero-order chi connectivity index (χ0) is 30.5. The number of carbonyl (C=O) groups is 1. The number of urea groups is 1. The highest BCUT2D eigenvalue weighted by Crippen LogP contribution is 2.38. The summed E-state index contributed by atoms with van der Waals surface area (Å²) >= 11 is 1.83. The van der Waals surface area contributed by atoms with Gasteiger partial charge in [0, 0.05) is 29.0 Å². The summed E-state index contributed by atoms with van der Waals surface area (Å²) < 4.78 is 17.4. The van der Waals surface area contributed by atoms with Gasteiger partial charge in [-0.3, -0.25) is 0 Å². The van der Waals surface area contributed by atoms with Gasteiger partial charge in [-0.2, -0.15) is 0 Å². The van der Waals surface area contributed by atoms with E-state index < -0.39 is 0 Å². The third-order valence-corrected chi connectivity index (χ3v) is 9.34. The van der Waals surface area contributed by atoms with Gasteiger partial charge in [-0.1, -0.05) is 54.6 Å². The molecule has 0 spiro atoms. The van der Waals surface area contributed by atoms with Crippen molar-refractivity contribution in [2.24, 2.45) is 0 Å². The number of hydrogen-bond donors (Lipinski definition) is 1. The average molecular weight is 607 g/mol. The Balaban J connectivity index is 1.29. The second-order valence-electron chi connectivity index (χ2n) is 11.1. The van der Waals surface area contributed by atoms with Crippen molar-refractivity contribution in [3.8, 4) is 11.5 Å². The molecule has 6 rings (SSSR count). The first-order chi connectivity index (χ1) is 21.5. The molecule has 6 nitrogen and oxygen atoms in total. The zero-order valence-corrected chi connectivity index (χ0v) is 26.2. The molecule has 2 amide bonds. The lowest BCUT2D eigenvalue weighted by Crippen LogP contribution is -2.47. The summed E-state index contributed by atoms with van der Waals surface area (Å²) in [4.78, 5) is 17.1. The normalized spacial score (nSPS) is 15.1. The van der Waals surface area contributed by atoms with E-state index in [0.29, 0.717) is 24.5 Å². The van der Waals surface area contributed by atoms with Crippen molar-refractivity contribution in [3.05, 3.63) is 125 Å². The topological polar surface area (TPSA) is 63.9 Å². The number of amides is 2. The molecule has 226 valence electrons. The Bertz CT molecular complexity index is 1720. The largest absolute Gasteiger partial charge is 0.493 e. The van der Waals surface area contributed by atoms with Crippen LogP contribution in [0.4, 0.5) is 4.79 Å². The molecule has 7 heteroatoms. The highest BCUT2D eigenvalue weighted by atomic mass is 32.2. The Labute approximate surface area is 263 Å². The molecule has 2 heterocycles. The summed E-state index contributed by atoms with van der Waals surface area (Å²) in [5.41, 5.74) is 5.44. The van der Waals surface area contributed by atoms with Crippen molar-refractivity contribution >= 4 is 28.8 Å². The number of furan rings is 1. The zero-order valence-electron chi connectivity index (χ0n) is 25.4. The fraction of sp³-hybridized carbons (Fsp3) is 0.270. The summed E-state index contributed by atoms with van der Waals surface area (Å²) in [6.07, 6.45) is 2.26. The third kappa shape index (κ3) is 6.58. The van der Waals surface area contributed by atoms with Crippen LogP contribution in [0.1, 0.15) is 47.0 Å². The van der Waals surface area contributed by atoms with Crippen molar-refractivity contribution in [3.63, 3.8) is 0 Å². The van der Waals surface area contributed by atoms with Gasteiger partial charge >= 0.3 is 6.03 Å². The van der Waals surface area contributed by atoms with Gasteiger partial charge in [0.05, 0.1) is 26.3 Å². The molecule has 0 saturated heterocycles. The van der Waals surface area contributed by atoms with Crippen molar-refractivity contribution in [2.75, 3.05) is 26.5 Å². The monoisotopic (exact) mass is 606 g/mol. The first kappa shape index (κ1) is 29.7. The molecule has 0 radical (unpaired) electrons. The van der Waals surface area contributed by atoms with Crippen LogP contribution in [-0.2, 0) is 19.3 Å². The fourth-order valence-corrected chi connectivity index (χ4v) is 6.88. The van der Waals surface area contributed by atoms with Gasteiger partial charge in [-0.25, -0.2) is 4.79 Å². The maximum atomic E-state index is 13.9. The summed E-state index contributed by atoms with van der Waals surface area (Å²) in [6.45, 7) is 2.65. The van der Waals surface area contributed by atoms with E-state index in [-0.39, 0.29) is 18.1 Å². The van der Waals surface area contributed by atoms with Crippen LogP contribution in [0, 0.1) is 0 Å². The minimum absolute atomic E-state index is 0.0663. The molecule has 0 bridgehead atoms. The molecule has 0 aliphatic carbocycles. The SMILES string of the molecule is COc1ccc(C[C@@H]2c3cc4cc(CCSc5ccccc5)oc4cc3CCN2C(=O)N[C@@H](C)c2ccccc2)cc1OC. The second kappa shape index (κ2) is 13.5. The van der Waals surface area contributed by atoms with Gasteiger partial charge in [0.15, 0.2) is 11.5 Å². The Morgan fingerprint density at radius 1 is 0.955 bits per heavy atom. The van der Waals surface area contributed by atoms with Crippen LogP contribution in [0.15, 0.2) is 106 Å². The number of benzene rings is 4. The molecular weight excluding hydrogens is 568 g/mol. The second-order valence-corrected chi connectivity index (χ2v) is 12.3. The van der Waals surface area contributed by atoms with Crippen LogP contribution in [0.3, 0.4) is 0 Å². The molecule has 0 saturated carbocycles. The molecular formula is C37H38N2O4S. The standard InChI is InChI=1S/C37H38N2O4S/c1-25(27-10-6-4-7-11-27)38-37(40)39-18-16-28-24-35-29(22-30(43-35)17-19-44-31-12-8-5-9-13-31)23-32(28)33(39)20-26-14-15-34(41-2)36(21-26)42-3/h4-15,21-25,33H,16-20H2,1-3H3,(H,38,40)/t25-,33+/m0/s1. The van der Waals surface area contributed by atoms with Crippen LogP contribution < -0.4 is 14.8 Å². The number of nitrogens with zero attached hydrogens (tertiary/aromatic N) is 1. The van der Waals surface area contributed by atoms with Crippen LogP contribution in [-0.4, -0.2) is 37.4 Å². The maximum absolute atomic E-state index is 13.9. The first-order valence-electron chi connectivity index (χ1n) is 15.1. The van der Waals surface area contributed by atoms with Crippen LogP contribution in [0.2, 0.25) is 0 Å². The third-order valence-electron chi connectivity index (χ3n) is 8.32. The number of aryl methyl sites for hydroxylation is 1. The molecule has 44 heavy (non-hydrogen) atoms. The molecule has 5 aromatic rings. The van der Waals surface area contributed by atoms with Crippen molar-refractivity contribution in [1.29, 1.82) is 0 Å². The smallest absolute Gasteiger partial charge is 0.318 e. The summed E-state index contributed by atoms with van der Waals surface area (Å²) in [7, 11) is 3.29. The van der Waals surface area contributed by atoms with E-state index in [1.54, 1.807) is 14.2 Å². The molecule has 0 unspecified atom stereocenters. The maximum Gasteiger partial charge on any atom is 0.318 e. The number of fused-ring (bicyclic) bond motifs is 2. The van der Waals surface area contributed by atoms with Crippen molar-refractivity contribution in [1.82, 2.24) is 10.2 Å². The van der Waals surface area contributed by atoms with Crippen LogP contribution in [0.25, 0.3) is 11.0 Å². The van der Waals surface area contributed by atoms with Crippen LogP contribution in [0.5, 0.6) is 11.5 Å². The number of carbonyl (C=O) groups excluding carboxylic acids is 1.